The monoisotopic (exact) mass is 295 g/mol. The normalized spacial score (nSPS) is 12.6. The van der Waals surface area contributed by atoms with Crippen LogP contribution >= 0.6 is 0 Å². The van der Waals surface area contributed by atoms with Crippen LogP contribution < -0.4 is 16.0 Å². The van der Waals surface area contributed by atoms with Gasteiger partial charge < -0.3 is 4.74 Å². The van der Waals surface area contributed by atoms with Gasteiger partial charge in [0.05, 0.1) is 11.2 Å². The van der Waals surface area contributed by atoms with Gasteiger partial charge in [0.25, 0.3) is 5.56 Å². The zero-order valence-electron chi connectivity index (χ0n) is 12.2. The van der Waals surface area contributed by atoms with E-state index >= 15 is 0 Å². The van der Waals surface area contributed by atoms with Crippen molar-refractivity contribution in [1.29, 1.82) is 0 Å². The van der Waals surface area contributed by atoms with Crippen LogP contribution in [0.2, 0.25) is 0 Å². The molecule has 3 heterocycles. The lowest BCUT2D eigenvalue weighted by Gasteiger charge is -2.20. The SMILES string of the molecule is Cn1c(=O)c2nc3c(cc2n(C)c1=O)COc1ccccc1-3. The number of pyridine rings is 1. The number of aryl methyl sites for hydroxylation is 1. The number of benzene rings is 1. The van der Waals surface area contributed by atoms with Crippen molar-refractivity contribution in [1.82, 2.24) is 14.1 Å². The van der Waals surface area contributed by atoms with Crippen LogP contribution in [0.4, 0.5) is 0 Å². The van der Waals surface area contributed by atoms with E-state index in [1.807, 2.05) is 30.3 Å². The van der Waals surface area contributed by atoms with Gasteiger partial charge in [-0.05, 0) is 18.2 Å². The number of hydrogen-bond donors (Lipinski definition) is 0. The first-order valence-corrected chi connectivity index (χ1v) is 6.90. The summed E-state index contributed by atoms with van der Waals surface area (Å²) >= 11 is 0. The molecule has 0 saturated carbocycles. The molecule has 0 unspecified atom stereocenters. The minimum Gasteiger partial charge on any atom is -0.488 e. The Morgan fingerprint density at radius 1 is 1.14 bits per heavy atom. The van der Waals surface area contributed by atoms with Gasteiger partial charge in [-0.25, -0.2) is 9.78 Å². The number of aromatic nitrogens is 3. The van der Waals surface area contributed by atoms with Crippen LogP contribution in [0.5, 0.6) is 5.75 Å². The van der Waals surface area contributed by atoms with Crippen molar-refractivity contribution in [2.75, 3.05) is 0 Å². The molecule has 1 aliphatic rings. The summed E-state index contributed by atoms with van der Waals surface area (Å²) in [6, 6.07) is 9.41. The van der Waals surface area contributed by atoms with Crippen LogP contribution in [-0.4, -0.2) is 14.1 Å². The van der Waals surface area contributed by atoms with E-state index in [2.05, 4.69) is 4.98 Å². The smallest absolute Gasteiger partial charge is 0.331 e. The maximum Gasteiger partial charge on any atom is 0.331 e. The van der Waals surface area contributed by atoms with Gasteiger partial charge >= 0.3 is 5.69 Å². The van der Waals surface area contributed by atoms with Crippen LogP contribution in [0.15, 0.2) is 39.9 Å². The maximum atomic E-state index is 12.4. The molecule has 0 N–H and O–H groups in total. The molecule has 6 nitrogen and oxygen atoms in total. The Hall–Kier alpha value is -2.89. The quantitative estimate of drug-likeness (QED) is 0.625. The summed E-state index contributed by atoms with van der Waals surface area (Å²) in [6.45, 7) is 0.374. The third-order valence-corrected chi connectivity index (χ3v) is 4.05. The third-order valence-electron chi connectivity index (χ3n) is 4.05. The highest BCUT2D eigenvalue weighted by Crippen LogP contribution is 2.36. The van der Waals surface area contributed by atoms with Gasteiger partial charge in [0.15, 0.2) is 5.52 Å². The van der Waals surface area contributed by atoms with Gasteiger partial charge in [-0.2, -0.15) is 0 Å². The topological polar surface area (TPSA) is 66.1 Å². The lowest BCUT2D eigenvalue weighted by atomic mass is 10.0. The predicted octanol–water partition coefficient (Wildman–Crippen LogP) is 1.19. The molecule has 0 fully saturated rings. The van der Waals surface area contributed by atoms with Gasteiger partial charge in [-0.1, -0.05) is 12.1 Å². The van der Waals surface area contributed by atoms with Crippen LogP contribution in [0.25, 0.3) is 22.3 Å². The fraction of sp³-hybridized carbons (Fsp3) is 0.188. The van der Waals surface area contributed by atoms with Gasteiger partial charge in [-0.15, -0.1) is 0 Å². The first-order valence-electron chi connectivity index (χ1n) is 6.90. The maximum absolute atomic E-state index is 12.4. The predicted molar refractivity (Wildman–Crippen MR) is 82.0 cm³/mol. The molecule has 0 bridgehead atoms. The van der Waals surface area contributed by atoms with E-state index in [9.17, 15) is 9.59 Å². The van der Waals surface area contributed by atoms with Gasteiger partial charge in [0, 0.05) is 25.2 Å². The molecule has 22 heavy (non-hydrogen) atoms. The number of hydrogen-bond acceptors (Lipinski definition) is 4. The molecule has 0 amide bonds. The Balaban J connectivity index is 2.16. The zero-order chi connectivity index (χ0) is 15.4. The number of nitrogens with zero attached hydrogens (tertiary/aromatic N) is 3. The first-order chi connectivity index (χ1) is 10.6. The Kier molecular flexibility index (Phi) is 2.51. The fourth-order valence-electron chi connectivity index (χ4n) is 2.82. The van der Waals surface area contributed by atoms with Crippen LogP contribution in [0, 0.1) is 0 Å². The summed E-state index contributed by atoms with van der Waals surface area (Å²) in [7, 11) is 3.10. The van der Waals surface area contributed by atoms with E-state index in [0.29, 0.717) is 17.6 Å². The molecule has 0 atom stereocenters. The minimum absolute atomic E-state index is 0.292. The highest BCUT2D eigenvalue weighted by atomic mass is 16.5. The van der Waals surface area contributed by atoms with Crippen molar-refractivity contribution in [3.05, 3.63) is 56.7 Å². The second-order valence-electron chi connectivity index (χ2n) is 5.35. The highest BCUT2D eigenvalue weighted by Gasteiger charge is 2.21. The van der Waals surface area contributed by atoms with Crippen molar-refractivity contribution in [3.63, 3.8) is 0 Å². The van der Waals surface area contributed by atoms with E-state index in [-0.39, 0.29) is 11.2 Å². The molecule has 2 aromatic heterocycles. The number of para-hydroxylation sites is 1. The molecule has 0 saturated heterocycles. The first kappa shape index (κ1) is 12.8. The fourth-order valence-corrected chi connectivity index (χ4v) is 2.82. The van der Waals surface area contributed by atoms with Gasteiger partial charge in [0.2, 0.25) is 0 Å². The summed E-state index contributed by atoms with van der Waals surface area (Å²) in [4.78, 5) is 28.9. The number of fused-ring (bicyclic) bond motifs is 4. The number of ether oxygens (including phenoxy) is 1. The van der Waals surface area contributed by atoms with Gasteiger partial charge in [-0.3, -0.25) is 13.9 Å². The molecule has 0 radical (unpaired) electrons. The van der Waals surface area contributed by atoms with Crippen molar-refractivity contribution in [2.24, 2.45) is 14.1 Å². The molecule has 0 aliphatic carbocycles. The summed E-state index contributed by atoms with van der Waals surface area (Å²) < 4.78 is 8.22. The zero-order valence-corrected chi connectivity index (χ0v) is 12.2. The van der Waals surface area contributed by atoms with Crippen molar-refractivity contribution in [3.8, 4) is 17.0 Å². The van der Waals surface area contributed by atoms with Crippen LogP contribution in [0.1, 0.15) is 5.56 Å². The molecule has 3 aromatic rings. The molecule has 110 valence electrons. The number of rotatable bonds is 0. The molecule has 6 heteroatoms. The van der Waals surface area contributed by atoms with Crippen molar-refractivity contribution < 1.29 is 4.74 Å². The summed E-state index contributed by atoms with van der Waals surface area (Å²) in [6.07, 6.45) is 0. The Bertz CT molecular complexity index is 1050. The lowest BCUT2D eigenvalue weighted by molar-refractivity contribution is 0.301. The van der Waals surface area contributed by atoms with E-state index in [0.717, 1.165) is 27.1 Å². The molecule has 0 spiro atoms. The Morgan fingerprint density at radius 2 is 1.91 bits per heavy atom. The molecular formula is C16H13N3O3. The summed E-state index contributed by atoms with van der Waals surface area (Å²) in [5, 5.41) is 0. The largest absolute Gasteiger partial charge is 0.488 e. The van der Waals surface area contributed by atoms with Crippen molar-refractivity contribution >= 4 is 11.0 Å². The average molecular weight is 295 g/mol. The van der Waals surface area contributed by atoms with Gasteiger partial charge in [0.1, 0.15) is 12.4 Å². The molecule has 1 aliphatic heterocycles. The second kappa shape index (κ2) is 4.30. The average Bonchev–Trinajstić information content (AvgIpc) is 2.56. The summed E-state index contributed by atoms with van der Waals surface area (Å²) in [5.41, 5.74) is 2.54. The molecular weight excluding hydrogens is 282 g/mol. The molecule has 4 rings (SSSR count). The lowest BCUT2D eigenvalue weighted by Crippen LogP contribution is -2.37. The Morgan fingerprint density at radius 3 is 2.73 bits per heavy atom. The second-order valence-corrected chi connectivity index (χ2v) is 5.35. The molecule has 1 aromatic carbocycles. The Labute approximate surface area is 125 Å². The van der Waals surface area contributed by atoms with Crippen LogP contribution in [-0.2, 0) is 20.7 Å². The van der Waals surface area contributed by atoms with E-state index in [1.165, 1.54) is 11.6 Å². The standard InChI is InChI=1S/C16H13N3O3/c1-18-11-7-9-8-22-12-6-4-3-5-10(12)13(9)17-14(11)15(20)19(2)16(18)21/h3-7H,8H2,1-2H3. The summed E-state index contributed by atoms with van der Waals surface area (Å²) in [5.74, 6) is 0.753. The van der Waals surface area contributed by atoms with E-state index in [4.69, 9.17) is 4.74 Å². The van der Waals surface area contributed by atoms with E-state index in [1.54, 1.807) is 7.05 Å². The minimum atomic E-state index is -0.384. The van der Waals surface area contributed by atoms with E-state index < -0.39 is 0 Å². The van der Waals surface area contributed by atoms with Crippen LogP contribution in [0.3, 0.4) is 0 Å². The van der Waals surface area contributed by atoms with Crippen molar-refractivity contribution in [2.45, 2.75) is 6.61 Å². The third kappa shape index (κ3) is 1.57. The highest BCUT2D eigenvalue weighted by molar-refractivity contribution is 5.82.